The van der Waals surface area contributed by atoms with Crippen LogP contribution < -0.4 is 4.74 Å². The highest BCUT2D eigenvalue weighted by molar-refractivity contribution is 5.94. The summed E-state index contributed by atoms with van der Waals surface area (Å²) in [6.45, 7) is 1.29. The number of rotatable bonds is 4. The summed E-state index contributed by atoms with van der Waals surface area (Å²) in [5.74, 6) is 1.54. The third-order valence-electron chi connectivity index (χ3n) is 6.38. The number of aliphatic hydroxyl groups excluding tert-OH is 1. The van der Waals surface area contributed by atoms with E-state index in [0.29, 0.717) is 37.2 Å². The Balaban J connectivity index is 1.23. The highest BCUT2D eigenvalue weighted by Crippen LogP contribution is 2.38. The number of hydrogen-bond acceptors (Lipinski definition) is 4. The van der Waals surface area contributed by atoms with Crippen LogP contribution in [-0.2, 0) is 0 Å². The summed E-state index contributed by atoms with van der Waals surface area (Å²) in [5.41, 5.74) is 1.58. The average molecular weight is 421 g/mol. The van der Waals surface area contributed by atoms with Crippen LogP contribution in [0, 0.1) is 17.7 Å². The highest BCUT2D eigenvalue weighted by Gasteiger charge is 2.44. The highest BCUT2D eigenvalue weighted by atomic mass is 19.1. The summed E-state index contributed by atoms with van der Waals surface area (Å²) >= 11 is 0. The van der Waals surface area contributed by atoms with Gasteiger partial charge in [-0.3, -0.25) is 4.79 Å². The number of carbonyl (C=O) groups excluding carboxylic acids is 1. The molecule has 2 N–H and O–H groups in total. The summed E-state index contributed by atoms with van der Waals surface area (Å²) in [6, 6.07) is 13.3. The minimum atomic E-state index is -0.603. The Morgan fingerprint density at radius 2 is 1.77 bits per heavy atom. The molecule has 0 spiro atoms. The fourth-order valence-electron chi connectivity index (χ4n) is 4.75. The Morgan fingerprint density at radius 1 is 1.06 bits per heavy atom. The number of aromatic amines is 1. The van der Waals surface area contributed by atoms with Crippen LogP contribution >= 0.6 is 0 Å². The molecule has 0 radical (unpaired) electrons. The zero-order valence-electron chi connectivity index (χ0n) is 16.9. The van der Waals surface area contributed by atoms with Crippen molar-refractivity contribution < 1.29 is 19.0 Å². The number of amides is 1. The Morgan fingerprint density at radius 3 is 2.45 bits per heavy atom. The van der Waals surface area contributed by atoms with Crippen LogP contribution in [0.15, 0.2) is 60.9 Å². The molecule has 1 saturated carbocycles. The third kappa shape index (κ3) is 4.05. The van der Waals surface area contributed by atoms with Crippen molar-refractivity contribution in [2.75, 3.05) is 13.1 Å². The summed E-state index contributed by atoms with van der Waals surface area (Å²) in [6.07, 6.45) is 3.77. The number of imidazole rings is 1. The van der Waals surface area contributed by atoms with Gasteiger partial charge in [0.1, 0.15) is 23.5 Å². The first-order valence-electron chi connectivity index (χ1n) is 10.6. The summed E-state index contributed by atoms with van der Waals surface area (Å²) in [7, 11) is 0. The molecule has 31 heavy (non-hydrogen) atoms. The van der Waals surface area contributed by atoms with Crippen LogP contribution in [-0.4, -0.2) is 51.2 Å². The van der Waals surface area contributed by atoms with Gasteiger partial charge in [0.25, 0.3) is 5.91 Å². The van der Waals surface area contributed by atoms with Gasteiger partial charge in [-0.2, -0.15) is 0 Å². The summed E-state index contributed by atoms with van der Waals surface area (Å²) in [4.78, 5) is 22.2. The number of aromatic nitrogens is 2. The lowest BCUT2D eigenvalue weighted by atomic mass is 9.78. The second-order valence-corrected chi connectivity index (χ2v) is 8.39. The van der Waals surface area contributed by atoms with Crippen molar-refractivity contribution in [3.63, 3.8) is 0 Å². The van der Waals surface area contributed by atoms with Gasteiger partial charge in [0, 0.05) is 36.6 Å². The number of nitrogens with one attached hydrogen (secondary N) is 1. The smallest absolute Gasteiger partial charge is 0.253 e. The van der Waals surface area contributed by atoms with E-state index < -0.39 is 6.10 Å². The van der Waals surface area contributed by atoms with E-state index >= 15 is 0 Å². The molecule has 4 atom stereocenters. The van der Waals surface area contributed by atoms with Gasteiger partial charge in [0.2, 0.25) is 0 Å². The maximum Gasteiger partial charge on any atom is 0.253 e. The van der Waals surface area contributed by atoms with Gasteiger partial charge in [0.05, 0.1) is 6.10 Å². The normalized spacial score (nSPS) is 25.3. The van der Waals surface area contributed by atoms with Crippen LogP contribution in [0.1, 0.15) is 23.2 Å². The maximum atomic E-state index is 13.1. The lowest BCUT2D eigenvalue weighted by molar-refractivity contribution is -0.0231. The molecule has 0 unspecified atom stereocenters. The molecule has 1 aliphatic heterocycles. The van der Waals surface area contributed by atoms with E-state index in [2.05, 4.69) is 9.97 Å². The number of carbonyl (C=O) groups is 1. The minimum Gasteiger partial charge on any atom is -0.488 e. The molecule has 5 rings (SSSR count). The van der Waals surface area contributed by atoms with E-state index in [1.54, 1.807) is 24.5 Å². The van der Waals surface area contributed by atoms with Crippen molar-refractivity contribution in [3.8, 4) is 17.1 Å². The zero-order valence-corrected chi connectivity index (χ0v) is 16.9. The van der Waals surface area contributed by atoms with E-state index in [1.165, 1.54) is 12.1 Å². The van der Waals surface area contributed by atoms with E-state index in [1.807, 2.05) is 29.2 Å². The second-order valence-electron chi connectivity index (χ2n) is 8.39. The SMILES string of the molecule is O=C(c1ccc(-c2ncc[nH]2)cc1)N1C[C@H]2C[C@@H](Oc3ccc(F)cc3)[C@H](O)C[C@H]2C1. The Hall–Kier alpha value is -3.19. The predicted molar refractivity (Wildman–Crippen MR) is 113 cm³/mol. The third-order valence-corrected chi connectivity index (χ3v) is 6.38. The lowest BCUT2D eigenvalue weighted by Gasteiger charge is -2.35. The molecule has 1 aromatic heterocycles. The summed E-state index contributed by atoms with van der Waals surface area (Å²) < 4.78 is 19.1. The molecule has 2 heterocycles. The first kappa shape index (κ1) is 19.8. The topological polar surface area (TPSA) is 78.5 Å². The molecule has 1 amide bonds. The Kier molecular flexibility index (Phi) is 5.19. The standard InChI is InChI=1S/C24H24FN3O3/c25-19-5-7-20(8-6-19)31-22-12-18-14-28(13-17(18)11-21(22)29)24(30)16-3-1-15(2-4-16)23-26-9-10-27-23/h1-10,17-18,21-22,29H,11-14H2,(H,26,27)/t17-,18+,21+,22+/m0/s1. The van der Waals surface area contributed by atoms with Crippen LogP contribution in [0.2, 0.25) is 0 Å². The maximum absolute atomic E-state index is 13.1. The number of halogens is 1. The van der Waals surface area contributed by atoms with Crippen molar-refractivity contribution in [1.29, 1.82) is 0 Å². The molecule has 0 bridgehead atoms. The minimum absolute atomic E-state index is 0.00545. The van der Waals surface area contributed by atoms with Gasteiger partial charge in [0.15, 0.2) is 0 Å². The van der Waals surface area contributed by atoms with E-state index in [-0.39, 0.29) is 29.7 Å². The molecular formula is C24H24FN3O3. The largest absolute Gasteiger partial charge is 0.488 e. The van der Waals surface area contributed by atoms with Crippen molar-refractivity contribution in [1.82, 2.24) is 14.9 Å². The number of hydrogen-bond donors (Lipinski definition) is 2. The number of aliphatic hydroxyl groups is 1. The van der Waals surface area contributed by atoms with Crippen molar-refractivity contribution in [2.45, 2.75) is 25.0 Å². The number of likely N-dealkylation sites (tertiary alicyclic amines) is 1. The second kappa shape index (κ2) is 8.15. The van der Waals surface area contributed by atoms with Gasteiger partial charge < -0.3 is 19.7 Å². The van der Waals surface area contributed by atoms with E-state index in [4.69, 9.17) is 4.74 Å². The molecule has 1 saturated heterocycles. The quantitative estimate of drug-likeness (QED) is 0.676. The molecule has 3 aromatic rings. The van der Waals surface area contributed by atoms with Crippen molar-refractivity contribution in [3.05, 3.63) is 72.3 Å². The number of H-pyrrole nitrogens is 1. The fourth-order valence-corrected chi connectivity index (χ4v) is 4.75. The first-order chi connectivity index (χ1) is 15.1. The van der Waals surface area contributed by atoms with Crippen LogP contribution in [0.3, 0.4) is 0 Å². The molecule has 7 heteroatoms. The average Bonchev–Trinajstić information content (AvgIpc) is 3.45. The van der Waals surface area contributed by atoms with Crippen LogP contribution in [0.4, 0.5) is 4.39 Å². The zero-order chi connectivity index (χ0) is 21.4. The Bertz CT molecular complexity index is 1040. The van der Waals surface area contributed by atoms with Crippen LogP contribution in [0.25, 0.3) is 11.4 Å². The van der Waals surface area contributed by atoms with Crippen molar-refractivity contribution >= 4 is 5.91 Å². The van der Waals surface area contributed by atoms with E-state index in [9.17, 15) is 14.3 Å². The van der Waals surface area contributed by atoms with Gasteiger partial charge in [-0.15, -0.1) is 0 Å². The number of fused-ring (bicyclic) bond motifs is 1. The summed E-state index contributed by atoms with van der Waals surface area (Å²) in [5, 5.41) is 10.6. The Labute approximate surface area is 179 Å². The lowest BCUT2D eigenvalue weighted by Crippen LogP contribution is -2.42. The monoisotopic (exact) mass is 421 g/mol. The van der Waals surface area contributed by atoms with Gasteiger partial charge in [-0.1, -0.05) is 12.1 Å². The molecule has 2 aliphatic rings. The molecule has 2 aromatic carbocycles. The number of benzene rings is 2. The predicted octanol–water partition coefficient (Wildman–Crippen LogP) is 3.51. The molecule has 160 valence electrons. The molecule has 6 nitrogen and oxygen atoms in total. The van der Waals surface area contributed by atoms with E-state index in [0.717, 1.165) is 11.4 Å². The number of nitrogens with zero attached hydrogens (tertiary/aromatic N) is 2. The van der Waals surface area contributed by atoms with Gasteiger partial charge in [-0.25, -0.2) is 9.37 Å². The fraction of sp³-hybridized carbons (Fsp3) is 0.333. The van der Waals surface area contributed by atoms with Crippen LogP contribution in [0.5, 0.6) is 5.75 Å². The molecule has 1 aliphatic carbocycles. The molecule has 2 fully saturated rings. The van der Waals surface area contributed by atoms with Gasteiger partial charge >= 0.3 is 0 Å². The number of ether oxygens (including phenoxy) is 1. The van der Waals surface area contributed by atoms with Crippen molar-refractivity contribution in [2.24, 2.45) is 11.8 Å². The molecular weight excluding hydrogens is 397 g/mol. The first-order valence-corrected chi connectivity index (χ1v) is 10.6. The van der Waals surface area contributed by atoms with Gasteiger partial charge in [-0.05, 0) is 61.1 Å².